The summed E-state index contributed by atoms with van der Waals surface area (Å²) in [7, 11) is 0. The van der Waals surface area contributed by atoms with Gasteiger partial charge in [-0.05, 0) is 61.1 Å². The Morgan fingerprint density at radius 3 is 2.66 bits per heavy atom. The van der Waals surface area contributed by atoms with E-state index < -0.39 is 0 Å². The third-order valence-corrected chi connectivity index (χ3v) is 6.27. The third kappa shape index (κ3) is 3.82. The maximum absolute atomic E-state index is 10.7. The highest BCUT2D eigenvalue weighted by Crippen LogP contribution is 2.35. The van der Waals surface area contributed by atoms with Gasteiger partial charge in [0.15, 0.2) is 5.01 Å². The lowest BCUT2D eigenvalue weighted by Crippen LogP contribution is -1.92. The fraction of sp³-hybridized carbons (Fsp3) is 0.273. The summed E-state index contributed by atoms with van der Waals surface area (Å²) in [4.78, 5) is 15.5. The third-order valence-electron chi connectivity index (χ3n) is 4.98. The van der Waals surface area contributed by atoms with Gasteiger partial charge in [-0.3, -0.25) is 0 Å². The number of imidazole rings is 1. The minimum atomic E-state index is 0.493. The molecule has 29 heavy (non-hydrogen) atoms. The van der Waals surface area contributed by atoms with Crippen LogP contribution in [0, 0.1) is 13.8 Å². The van der Waals surface area contributed by atoms with Gasteiger partial charge >= 0.3 is 0 Å². The number of aryl methyl sites for hydroxylation is 4. The molecule has 148 valence electrons. The lowest BCUT2D eigenvalue weighted by Gasteiger charge is -2.08. The molecule has 1 aromatic carbocycles. The Kier molecular flexibility index (Phi) is 5.48. The van der Waals surface area contributed by atoms with Crippen LogP contribution in [0.3, 0.4) is 0 Å². The van der Waals surface area contributed by atoms with E-state index in [-0.39, 0.29) is 0 Å². The first kappa shape index (κ1) is 19.7. The van der Waals surface area contributed by atoms with Crippen LogP contribution in [-0.2, 0) is 17.6 Å². The fourth-order valence-electron chi connectivity index (χ4n) is 3.49. The number of carbonyl (C=O) groups is 1. The quantitative estimate of drug-likeness (QED) is 0.384. The molecular weight excluding hydrogens is 404 g/mol. The second-order valence-corrected chi connectivity index (χ2v) is 8.51. The molecule has 0 bridgehead atoms. The number of halogens is 1. The predicted octanol–water partition coefficient (Wildman–Crippen LogP) is 5.48. The first-order valence-electron chi connectivity index (χ1n) is 9.55. The molecule has 0 radical (unpaired) electrons. The number of nitrogens with zero attached hydrogens (tertiary/aromatic N) is 4. The molecule has 3 aromatic heterocycles. The van der Waals surface area contributed by atoms with Crippen molar-refractivity contribution in [3.8, 4) is 21.3 Å². The molecule has 7 heteroatoms. The first-order chi connectivity index (χ1) is 14.0. The van der Waals surface area contributed by atoms with Crippen LogP contribution in [-0.4, -0.2) is 25.9 Å². The highest BCUT2D eigenvalue weighted by Gasteiger charge is 2.16. The number of pyridine rings is 1. The minimum Gasteiger partial charge on any atom is -0.306 e. The molecule has 0 N–H and O–H groups in total. The number of hydrogen-bond donors (Lipinski definition) is 0. The van der Waals surface area contributed by atoms with Crippen LogP contribution in [0.4, 0.5) is 0 Å². The van der Waals surface area contributed by atoms with E-state index in [0.717, 1.165) is 50.8 Å². The Labute approximate surface area is 178 Å². The Morgan fingerprint density at radius 1 is 1.10 bits per heavy atom. The minimum absolute atomic E-state index is 0.493. The normalized spacial score (nSPS) is 11.3. The zero-order chi connectivity index (χ0) is 20.5. The molecule has 0 spiro atoms. The lowest BCUT2D eigenvalue weighted by atomic mass is 10.0. The summed E-state index contributed by atoms with van der Waals surface area (Å²) in [6.07, 6.45) is 7.11. The van der Waals surface area contributed by atoms with Crippen molar-refractivity contribution in [2.45, 2.75) is 40.0 Å². The maximum Gasteiger partial charge on any atom is 0.168 e. The van der Waals surface area contributed by atoms with Gasteiger partial charge in [-0.2, -0.15) is 0 Å². The zero-order valence-electron chi connectivity index (χ0n) is 16.6. The molecule has 5 nitrogen and oxygen atoms in total. The maximum atomic E-state index is 10.7. The number of fused-ring (bicyclic) bond motifs is 1. The van der Waals surface area contributed by atoms with Gasteiger partial charge in [0.1, 0.15) is 22.6 Å². The van der Waals surface area contributed by atoms with Crippen molar-refractivity contribution in [2.75, 3.05) is 0 Å². The largest absolute Gasteiger partial charge is 0.306 e. The monoisotopic (exact) mass is 424 g/mol. The summed E-state index contributed by atoms with van der Waals surface area (Å²) in [6, 6.07) is 6.12. The highest BCUT2D eigenvalue weighted by atomic mass is 35.5. The Balaban J connectivity index is 1.71. The van der Waals surface area contributed by atoms with E-state index >= 15 is 0 Å². The molecule has 0 unspecified atom stereocenters. The van der Waals surface area contributed by atoms with E-state index in [1.54, 1.807) is 0 Å². The summed E-state index contributed by atoms with van der Waals surface area (Å²) in [5.74, 6) is 0. The molecule has 0 saturated heterocycles. The van der Waals surface area contributed by atoms with E-state index in [1.807, 2.05) is 25.3 Å². The number of aldehydes is 1. The number of benzene rings is 1. The van der Waals surface area contributed by atoms with Crippen LogP contribution in [0.1, 0.15) is 35.6 Å². The molecule has 0 aliphatic carbocycles. The molecule has 4 rings (SSSR count). The van der Waals surface area contributed by atoms with Crippen molar-refractivity contribution in [3.05, 3.63) is 57.9 Å². The van der Waals surface area contributed by atoms with Crippen molar-refractivity contribution in [1.29, 1.82) is 0 Å². The van der Waals surface area contributed by atoms with Crippen LogP contribution < -0.4 is 0 Å². The lowest BCUT2D eigenvalue weighted by molar-refractivity contribution is -0.107. The molecule has 4 aromatic rings. The molecule has 0 atom stereocenters. The van der Waals surface area contributed by atoms with E-state index in [0.29, 0.717) is 17.9 Å². The zero-order valence-corrected chi connectivity index (χ0v) is 18.1. The first-order valence-corrected chi connectivity index (χ1v) is 10.7. The Bertz CT molecular complexity index is 1210. The van der Waals surface area contributed by atoms with Gasteiger partial charge < -0.3 is 9.20 Å². The van der Waals surface area contributed by atoms with Crippen LogP contribution in [0.2, 0.25) is 5.02 Å². The number of carbonyl (C=O) groups excluding carboxylic acids is 1. The number of hydrogen-bond acceptors (Lipinski definition) is 5. The summed E-state index contributed by atoms with van der Waals surface area (Å²) >= 11 is 8.00. The summed E-state index contributed by atoms with van der Waals surface area (Å²) in [5, 5.41) is 10.9. The van der Waals surface area contributed by atoms with Crippen LogP contribution in [0.5, 0.6) is 0 Å². The molecule has 0 amide bonds. The molecule has 0 saturated carbocycles. The average molecular weight is 425 g/mol. The Hall–Kier alpha value is -2.57. The average Bonchev–Trinajstić information content (AvgIpc) is 3.34. The molecule has 0 aliphatic heterocycles. The van der Waals surface area contributed by atoms with E-state index in [9.17, 15) is 4.79 Å². The second kappa shape index (κ2) is 8.05. The van der Waals surface area contributed by atoms with Gasteiger partial charge in [0.05, 0.1) is 5.02 Å². The molecule has 0 fully saturated rings. The van der Waals surface area contributed by atoms with Crippen molar-refractivity contribution in [3.63, 3.8) is 0 Å². The second-order valence-electron chi connectivity index (χ2n) is 7.13. The van der Waals surface area contributed by atoms with Gasteiger partial charge in [-0.15, -0.1) is 10.2 Å². The van der Waals surface area contributed by atoms with Gasteiger partial charge in [-0.1, -0.05) is 35.9 Å². The topological polar surface area (TPSA) is 60.2 Å². The van der Waals surface area contributed by atoms with Crippen LogP contribution in [0.15, 0.2) is 30.6 Å². The van der Waals surface area contributed by atoms with Crippen molar-refractivity contribution in [1.82, 2.24) is 19.6 Å². The van der Waals surface area contributed by atoms with Crippen molar-refractivity contribution < 1.29 is 4.79 Å². The van der Waals surface area contributed by atoms with Crippen molar-refractivity contribution in [2.24, 2.45) is 0 Å². The fourth-order valence-corrected chi connectivity index (χ4v) is 4.65. The molecule has 3 heterocycles. The van der Waals surface area contributed by atoms with Crippen molar-refractivity contribution >= 4 is 34.9 Å². The van der Waals surface area contributed by atoms with Gasteiger partial charge in [0, 0.05) is 24.4 Å². The van der Waals surface area contributed by atoms with Gasteiger partial charge in [0.2, 0.25) is 0 Å². The SMILES string of the molecule is CCc1cc(C)cn2cc(-c3nnc(-c4cc(C)c(CCC=O)cc4Cl)s3)nc12. The van der Waals surface area contributed by atoms with Gasteiger partial charge in [0.25, 0.3) is 0 Å². The summed E-state index contributed by atoms with van der Waals surface area (Å²) in [5.41, 5.74) is 7.22. The summed E-state index contributed by atoms with van der Waals surface area (Å²) in [6.45, 7) is 6.25. The van der Waals surface area contributed by atoms with Gasteiger partial charge in [-0.25, -0.2) is 4.98 Å². The molecular formula is C22H21ClN4OS. The molecule has 0 aliphatic rings. The smallest absolute Gasteiger partial charge is 0.168 e. The van der Waals surface area contributed by atoms with Crippen LogP contribution in [0.25, 0.3) is 26.9 Å². The number of rotatable bonds is 6. The summed E-state index contributed by atoms with van der Waals surface area (Å²) < 4.78 is 2.06. The van der Waals surface area contributed by atoms with E-state index in [4.69, 9.17) is 16.6 Å². The van der Waals surface area contributed by atoms with E-state index in [2.05, 4.69) is 40.7 Å². The Morgan fingerprint density at radius 2 is 1.90 bits per heavy atom. The number of aromatic nitrogens is 4. The van der Waals surface area contributed by atoms with Crippen LogP contribution >= 0.6 is 22.9 Å². The highest BCUT2D eigenvalue weighted by molar-refractivity contribution is 7.18. The van der Waals surface area contributed by atoms with E-state index in [1.165, 1.54) is 22.5 Å². The predicted molar refractivity (Wildman–Crippen MR) is 118 cm³/mol. The standard InChI is InChI=1S/C22H21ClN4OS/c1-4-15-8-13(2)11-27-12-19(24-20(15)27)22-26-25-21(29-22)17-9-14(3)16(6-5-7-28)10-18(17)23/h7-12H,4-6H2,1-3H3.